The van der Waals surface area contributed by atoms with Gasteiger partial charge in [-0.25, -0.2) is 4.98 Å². The highest BCUT2D eigenvalue weighted by atomic mass is 32.1. The normalized spacial score (nSPS) is 14.0. The maximum Gasteiger partial charge on any atom is 0.124 e. The fraction of sp³-hybridized carbons (Fsp3) is 0. The highest BCUT2D eigenvalue weighted by molar-refractivity contribution is 7.22. The number of aromatic nitrogens is 1. The number of anilines is 3. The van der Waals surface area contributed by atoms with Gasteiger partial charge in [-0.1, -0.05) is 109 Å². The van der Waals surface area contributed by atoms with Gasteiger partial charge in [0.05, 0.1) is 21.2 Å². The molecule has 1 aromatic heterocycles. The van der Waals surface area contributed by atoms with Gasteiger partial charge in [0, 0.05) is 33.4 Å². The minimum Gasteiger partial charge on any atom is -0.311 e. The molecule has 0 aliphatic carbocycles. The van der Waals surface area contributed by atoms with Gasteiger partial charge in [0.1, 0.15) is 5.01 Å². The summed E-state index contributed by atoms with van der Waals surface area (Å²) in [5, 5.41) is 0.982. The second-order valence-electron chi connectivity index (χ2n) is 9.83. The molecule has 42 heavy (non-hydrogen) atoms. The molecule has 0 N–H and O–H groups in total. The van der Waals surface area contributed by atoms with E-state index in [9.17, 15) is 0 Å². The summed E-state index contributed by atoms with van der Waals surface area (Å²) in [6.07, 6.45) is 0. The van der Waals surface area contributed by atoms with Crippen molar-refractivity contribution in [2.75, 3.05) is 4.90 Å². The fourth-order valence-electron chi connectivity index (χ4n) is 5.34. The van der Waals surface area contributed by atoms with E-state index in [2.05, 4.69) is 41.3 Å². The zero-order valence-electron chi connectivity index (χ0n) is 30.2. The van der Waals surface area contributed by atoms with Crippen LogP contribution in [0, 0.1) is 0 Å². The van der Waals surface area contributed by atoms with E-state index in [1.54, 1.807) is 0 Å². The van der Waals surface area contributed by atoms with E-state index in [1.807, 2.05) is 72.8 Å². The SMILES string of the molecule is [2H]c1c([2H])c([2H])c2c(c1[2H])c1nc(-c3ccc(N(c4ccccc4)c4ccc(-c5ccccc5)cc4)cc3)sc1c1c([2H])c([2H])c([2H])c([2H])c12. The maximum atomic E-state index is 8.81. The van der Waals surface area contributed by atoms with Crippen LogP contribution in [0.15, 0.2) is 158 Å². The summed E-state index contributed by atoms with van der Waals surface area (Å²) in [5.41, 5.74) is 6.15. The Balaban J connectivity index is 1.29. The van der Waals surface area contributed by atoms with Crippen molar-refractivity contribution in [3.8, 4) is 21.7 Å². The van der Waals surface area contributed by atoms with Crippen LogP contribution >= 0.6 is 11.3 Å². The first-order valence-corrected chi connectivity index (χ1v) is 14.3. The number of nitrogens with zero attached hydrogens (tertiary/aromatic N) is 2. The lowest BCUT2D eigenvalue weighted by atomic mass is 10.0. The van der Waals surface area contributed by atoms with Crippen LogP contribution in [0.5, 0.6) is 0 Å². The van der Waals surface area contributed by atoms with Crippen LogP contribution in [-0.4, -0.2) is 4.98 Å². The topological polar surface area (TPSA) is 16.1 Å². The second kappa shape index (κ2) is 10.3. The average Bonchev–Trinajstić information content (AvgIpc) is 3.60. The Labute approximate surface area is 260 Å². The Bertz CT molecular complexity index is 2510. The molecule has 0 unspecified atom stereocenters. The van der Waals surface area contributed by atoms with E-state index in [4.69, 9.17) is 16.0 Å². The Morgan fingerprint density at radius 2 is 0.952 bits per heavy atom. The summed E-state index contributed by atoms with van der Waals surface area (Å²) in [7, 11) is 0. The number of hydrogen-bond donors (Lipinski definition) is 0. The molecule has 8 aromatic rings. The minimum atomic E-state index is -0.473. The van der Waals surface area contributed by atoms with Gasteiger partial charge in [0.25, 0.3) is 0 Å². The number of rotatable bonds is 5. The second-order valence-corrected chi connectivity index (χ2v) is 10.8. The first kappa shape index (κ1) is 17.5. The maximum absolute atomic E-state index is 8.81. The van der Waals surface area contributed by atoms with Gasteiger partial charge < -0.3 is 4.90 Å². The van der Waals surface area contributed by atoms with Crippen molar-refractivity contribution >= 4 is 60.2 Å². The van der Waals surface area contributed by atoms with Gasteiger partial charge in [-0.15, -0.1) is 11.3 Å². The highest BCUT2D eigenvalue weighted by Crippen LogP contribution is 2.41. The van der Waals surface area contributed by atoms with Crippen LogP contribution in [0.1, 0.15) is 11.0 Å². The predicted octanol–water partition coefficient (Wildman–Crippen LogP) is 11.4. The Kier molecular flexibility index (Phi) is 4.30. The Morgan fingerprint density at radius 3 is 1.60 bits per heavy atom. The van der Waals surface area contributed by atoms with Gasteiger partial charge in [-0.3, -0.25) is 0 Å². The van der Waals surface area contributed by atoms with Crippen molar-refractivity contribution in [1.82, 2.24) is 4.98 Å². The number of fused-ring (bicyclic) bond motifs is 6. The van der Waals surface area contributed by atoms with Crippen LogP contribution in [0.3, 0.4) is 0 Å². The number of para-hydroxylation sites is 1. The van der Waals surface area contributed by atoms with Gasteiger partial charge >= 0.3 is 0 Å². The quantitative estimate of drug-likeness (QED) is 0.194. The van der Waals surface area contributed by atoms with E-state index in [1.165, 1.54) is 11.3 Å². The Hall–Kier alpha value is -5.25. The lowest BCUT2D eigenvalue weighted by molar-refractivity contribution is 1.28. The van der Waals surface area contributed by atoms with Crippen molar-refractivity contribution in [2.24, 2.45) is 0 Å². The molecule has 1 heterocycles. The van der Waals surface area contributed by atoms with Crippen molar-refractivity contribution in [2.45, 2.75) is 0 Å². The van der Waals surface area contributed by atoms with Crippen LogP contribution in [0.25, 0.3) is 53.5 Å². The molecule has 0 atom stereocenters. The van der Waals surface area contributed by atoms with Gasteiger partial charge in [-0.05, 0) is 70.4 Å². The number of hydrogen-bond acceptors (Lipinski definition) is 3. The van der Waals surface area contributed by atoms with E-state index < -0.39 is 24.2 Å². The molecule has 0 amide bonds. The van der Waals surface area contributed by atoms with Crippen molar-refractivity contribution in [3.05, 3.63) is 158 Å². The molecule has 0 radical (unpaired) electrons. The van der Waals surface area contributed by atoms with E-state index in [0.29, 0.717) is 9.71 Å². The van der Waals surface area contributed by atoms with Crippen molar-refractivity contribution in [1.29, 1.82) is 0 Å². The molecule has 0 aliphatic heterocycles. The average molecular weight is 563 g/mol. The van der Waals surface area contributed by atoms with Gasteiger partial charge in [0.2, 0.25) is 0 Å². The number of thiazole rings is 1. The number of benzene rings is 7. The molecule has 0 fully saturated rings. The third-order valence-electron chi connectivity index (χ3n) is 7.34. The summed E-state index contributed by atoms with van der Waals surface area (Å²) < 4.78 is 69.0. The van der Waals surface area contributed by atoms with Crippen LogP contribution in [0.4, 0.5) is 17.1 Å². The first-order chi connectivity index (χ1) is 24.2. The molecule has 3 heteroatoms. The van der Waals surface area contributed by atoms with Gasteiger partial charge in [-0.2, -0.15) is 0 Å². The van der Waals surface area contributed by atoms with Gasteiger partial charge in [0.15, 0.2) is 0 Å². The van der Waals surface area contributed by atoms with E-state index in [-0.39, 0.29) is 51.2 Å². The van der Waals surface area contributed by atoms with E-state index in [0.717, 1.165) is 33.8 Å². The zero-order valence-corrected chi connectivity index (χ0v) is 23.0. The van der Waals surface area contributed by atoms with Crippen molar-refractivity contribution in [3.63, 3.8) is 0 Å². The largest absolute Gasteiger partial charge is 0.311 e. The molecule has 0 bridgehead atoms. The summed E-state index contributed by atoms with van der Waals surface area (Å²) in [6, 6.07) is 33.5. The zero-order chi connectivity index (χ0) is 34.8. The van der Waals surface area contributed by atoms with Crippen LogP contribution in [0.2, 0.25) is 0 Å². The fourth-order valence-corrected chi connectivity index (χ4v) is 6.43. The molecule has 7 aromatic carbocycles. The predicted molar refractivity (Wildman–Crippen MR) is 180 cm³/mol. The summed E-state index contributed by atoms with van der Waals surface area (Å²) in [6.45, 7) is 0. The summed E-state index contributed by atoms with van der Waals surface area (Å²) in [4.78, 5) is 7.05. The van der Waals surface area contributed by atoms with E-state index >= 15 is 0 Å². The molecule has 8 rings (SSSR count). The van der Waals surface area contributed by atoms with Crippen LogP contribution in [-0.2, 0) is 0 Å². The summed E-state index contributed by atoms with van der Waals surface area (Å²) in [5.74, 6) is 0. The summed E-state index contributed by atoms with van der Waals surface area (Å²) >= 11 is 1.24. The molecule has 0 saturated heterocycles. The third kappa shape index (κ3) is 4.23. The Morgan fingerprint density at radius 1 is 0.476 bits per heavy atom. The minimum absolute atomic E-state index is 0.0366. The van der Waals surface area contributed by atoms with Crippen molar-refractivity contribution < 1.29 is 11.0 Å². The molecule has 2 nitrogen and oxygen atoms in total. The first-order valence-electron chi connectivity index (χ1n) is 17.5. The molecule has 0 spiro atoms. The molecular formula is C39H26N2S. The molecular weight excluding hydrogens is 529 g/mol. The lowest BCUT2D eigenvalue weighted by Crippen LogP contribution is -2.09. The molecule has 0 saturated carbocycles. The van der Waals surface area contributed by atoms with Crippen LogP contribution < -0.4 is 4.90 Å². The monoisotopic (exact) mass is 562 g/mol. The standard InChI is InChI=1S/C39H26N2S/c1-3-11-27(12-4-1)28-19-23-31(24-20-28)41(30-13-5-2-6-14-30)32-25-21-29(22-26-32)39-40-37-35-17-9-7-15-33(35)34-16-8-10-18-36(34)38(37)42-39/h1-26H/i7D,8D,9D,10D,15D,16D,17D,18D. The lowest BCUT2D eigenvalue weighted by Gasteiger charge is -2.25. The molecule has 0 aliphatic rings. The third-order valence-corrected chi connectivity index (χ3v) is 8.46. The highest BCUT2D eigenvalue weighted by Gasteiger charge is 2.16. The smallest absolute Gasteiger partial charge is 0.124 e. The molecule has 198 valence electrons.